The molecule has 0 aromatic rings. The van der Waals surface area contributed by atoms with Crippen molar-refractivity contribution < 1.29 is 4.79 Å². The smallest absolute Gasteiger partial charge is 0.222 e. The lowest BCUT2D eigenvalue weighted by Gasteiger charge is -2.27. The predicted octanol–water partition coefficient (Wildman–Crippen LogP) is 2.56. The van der Waals surface area contributed by atoms with Crippen molar-refractivity contribution in [1.82, 2.24) is 10.2 Å². The summed E-state index contributed by atoms with van der Waals surface area (Å²) in [4.78, 5) is 14.0. The Morgan fingerprint density at radius 3 is 2.76 bits per heavy atom. The minimum Gasteiger partial charge on any atom is -0.341 e. The summed E-state index contributed by atoms with van der Waals surface area (Å²) in [6.45, 7) is 7.34. The highest BCUT2D eigenvalue weighted by atomic mass is 16.2. The molecule has 1 rings (SSSR count). The molecule has 3 heteroatoms. The first-order valence-corrected chi connectivity index (χ1v) is 7.29. The number of likely N-dealkylation sites (tertiary alicyclic amines) is 1. The van der Waals surface area contributed by atoms with Gasteiger partial charge in [-0.3, -0.25) is 4.79 Å². The van der Waals surface area contributed by atoms with E-state index < -0.39 is 0 Å². The van der Waals surface area contributed by atoms with Crippen LogP contribution in [0.25, 0.3) is 0 Å². The molecule has 1 N–H and O–H groups in total. The topological polar surface area (TPSA) is 32.3 Å². The molecule has 0 aliphatic carbocycles. The highest BCUT2D eigenvalue weighted by molar-refractivity contribution is 5.76. The van der Waals surface area contributed by atoms with Crippen LogP contribution < -0.4 is 5.32 Å². The number of rotatable bonds is 7. The van der Waals surface area contributed by atoms with Crippen LogP contribution in [0.5, 0.6) is 0 Å². The monoisotopic (exact) mass is 240 g/mol. The van der Waals surface area contributed by atoms with Crippen molar-refractivity contribution in [2.75, 3.05) is 19.6 Å². The van der Waals surface area contributed by atoms with Crippen molar-refractivity contribution in [1.29, 1.82) is 0 Å². The van der Waals surface area contributed by atoms with Gasteiger partial charge >= 0.3 is 0 Å². The molecule has 1 unspecified atom stereocenters. The van der Waals surface area contributed by atoms with Crippen LogP contribution in [0.1, 0.15) is 58.8 Å². The van der Waals surface area contributed by atoms with Crippen molar-refractivity contribution in [3.05, 3.63) is 0 Å². The number of hydrogen-bond donors (Lipinski definition) is 1. The third-order valence-corrected chi connectivity index (χ3v) is 3.43. The van der Waals surface area contributed by atoms with Crippen LogP contribution in [-0.2, 0) is 4.79 Å². The Labute approximate surface area is 106 Å². The van der Waals surface area contributed by atoms with Crippen molar-refractivity contribution in [3.63, 3.8) is 0 Å². The van der Waals surface area contributed by atoms with Gasteiger partial charge < -0.3 is 10.2 Å². The quantitative estimate of drug-likeness (QED) is 0.742. The van der Waals surface area contributed by atoms with E-state index in [2.05, 4.69) is 24.1 Å². The predicted molar refractivity (Wildman–Crippen MR) is 72.0 cm³/mol. The van der Waals surface area contributed by atoms with Gasteiger partial charge in [0.1, 0.15) is 0 Å². The minimum atomic E-state index is 0.363. The molecule has 0 aromatic carbocycles. The summed E-state index contributed by atoms with van der Waals surface area (Å²) in [5, 5.41) is 3.56. The van der Waals surface area contributed by atoms with Crippen LogP contribution in [-0.4, -0.2) is 36.5 Å². The first-order chi connectivity index (χ1) is 8.27. The lowest BCUT2D eigenvalue weighted by molar-refractivity contribution is -0.131. The lowest BCUT2D eigenvalue weighted by atomic mass is 10.1. The van der Waals surface area contributed by atoms with Gasteiger partial charge in [-0.2, -0.15) is 0 Å². The first-order valence-electron chi connectivity index (χ1n) is 7.29. The van der Waals surface area contributed by atoms with E-state index in [1.807, 2.05) is 0 Å². The lowest BCUT2D eigenvalue weighted by Crippen LogP contribution is -2.43. The van der Waals surface area contributed by atoms with Crippen molar-refractivity contribution in [2.45, 2.75) is 64.8 Å². The van der Waals surface area contributed by atoms with E-state index in [-0.39, 0.29) is 0 Å². The normalized spacial score (nSPS) is 19.2. The SMILES string of the molecule is CCCNC(CCC)CN1CCCCCC1=O. The van der Waals surface area contributed by atoms with E-state index >= 15 is 0 Å². The fourth-order valence-corrected chi connectivity index (χ4v) is 2.45. The minimum absolute atomic E-state index is 0.363. The third-order valence-electron chi connectivity index (χ3n) is 3.43. The van der Waals surface area contributed by atoms with Crippen LogP contribution in [0.15, 0.2) is 0 Å². The zero-order valence-electron chi connectivity index (χ0n) is 11.5. The summed E-state index contributed by atoms with van der Waals surface area (Å²) >= 11 is 0. The van der Waals surface area contributed by atoms with E-state index in [1.165, 1.54) is 25.7 Å². The zero-order chi connectivity index (χ0) is 12.5. The Morgan fingerprint density at radius 2 is 2.06 bits per heavy atom. The first kappa shape index (κ1) is 14.5. The van der Waals surface area contributed by atoms with E-state index in [0.717, 1.165) is 38.9 Å². The molecule has 0 saturated carbocycles. The second-order valence-electron chi connectivity index (χ2n) is 5.09. The largest absolute Gasteiger partial charge is 0.341 e. The van der Waals surface area contributed by atoms with Crippen LogP contribution in [0.2, 0.25) is 0 Å². The van der Waals surface area contributed by atoms with E-state index in [4.69, 9.17) is 0 Å². The maximum absolute atomic E-state index is 11.9. The van der Waals surface area contributed by atoms with Gasteiger partial charge in [0.2, 0.25) is 5.91 Å². The van der Waals surface area contributed by atoms with Gasteiger partial charge in [0, 0.05) is 25.6 Å². The van der Waals surface area contributed by atoms with E-state index in [9.17, 15) is 4.79 Å². The average Bonchev–Trinajstić information content (AvgIpc) is 2.52. The Hall–Kier alpha value is -0.570. The highest BCUT2D eigenvalue weighted by Gasteiger charge is 2.19. The zero-order valence-corrected chi connectivity index (χ0v) is 11.5. The molecule has 1 heterocycles. The summed E-state index contributed by atoms with van der Waals surface area (Å²) in [7, 11) is 0. The summed E-state index contributed by atoms with van der Waals surface area (Å²) in [5.74, 6) is 0.363. The summed E-state index contributed by atoms with van der Waals surface area (Å²) in [5.41, 5.74) is 0. The van der Waals surface area contributed by atoms with Crippen molar-refractivity contribution >= 4 is 5.91 Å². The molecule has 0 aromatic heterocycles. The molecule has 3 nitrogen and oxygen atoms in total. The molecule has 1 aliphatic heterocycles. The summed E-state index contributed by atoms with van der Waals surface area (Å²) < 4.78 is 0. The molecule has 100 valence electrons. The van der Waals surface area contributed by atoms with Crippen LogP contribution in [0.3, 0.4) is 0 Å². The summed E-state index contributed by atoms with van der Waals surface area (Å²) in [6.07, 6.45) is 7.74. The summed E-state index contributed by atoms with van der Waals surface area (Å²) in [6, 6.07) is 0.488. The Kier molecular flexibility index (Phi) is 7.25. The Balaban J connectivity index is 2.42. The second-order valence-corrected chi connectivity index (χ2v) is 5.09. The fraction of sp³-hybridized carbons (Fsp3) is 0.929. The standard InChI is InChI=1S/C14H28N2O/c1-3-8-13(15-10-4-2)12-16-11-7-5-6-9-14(16)17/h13,15H,3-12H2,1-2H3. The van der Waals surface area contributed by atoms with E-state index in [1.54, 1.807) is 0 Å². The molecule has 0 spiro atoms. The maximum atomic E-state index is 11.9. The van der Waals surface area contributed by atoms with Crippen LogP contribution in [0.4, 0.5) is 0 Å². The maximum Gasteiger partial charge on any atom is 0.222 e. The molecule has 1 atom stereocenters. The molecular weight excluding hydrogens is 212 g/mol. The molecule has 0 radical (unpaired) electrons. The van der Waals surface area contributed by atoms with Gasteiger partial charge in [-0.15, -0.1) is 0 Å². The molecule has 1 amide bonds. The molecule has 1 fully saturated rings. The molecule has 1 aliphatic rings. The third kappa shape index (κ3) is 5.53. The molecule has 0 bridgehead atoms. The van der Waals surface area contributed by atoms with Crippen molar-refractivity contribution in [3.8, 4) is 0 Å². The van der Waals surface area contributed by atoms with Crippen LogP contribution in [0, 0.1) is 0 Å². The number of hydrogen-bond acceptors (Lipinski definition) is 2. The van der Waals surface area contributed by atoms with Gasteiger partial charge in [-0.05, 0) is 32.2 Å². The van der Waals surface area contributed by atoms with Gasteiger partial charge in [-0.1, -0.05) is 26.7 Å². The molecule has 17 heavy (non-hydrogen) atoms. The number of carbonyl (C=O) groups is 1. The number of nitrogens with one attached hydrogen (secondary N) is 1. The van der Waals surface area contributed by atoms with Gasteiger partial charge in [-0.25, -0.2) is 0 Å². The molecule has 1 saturated heterocycles. The van der Waals surface area contributed by atoms with Crippen molar-refractivity contribution in [2.24, 2.45) is 0 Å². The second kappa shape index (κ2) is 8.51. The van der Waals surface area contributed by atoms with E-state index in [0.29, 0.717) is 11.9 Å². The number of nitrogens with zero attached hydrogens (tertiary/aromatic N) is 1. The van der Waals surface area contributed by atoms with Gasteiger partial charge in [0.25, 0.3) is 0 Å². The Morgan fingerprint density at radius 1 is 1.24 bits per heavy atom. The number of carbonyl (C=O) groups excluding carboxylic acids is 1. The number of amides is 1. The van der Waals surface area contributed by atoms with Gasteiger partial charge in [0.05, 0.1) is 0 Å². The van der Waals surface area contributed by atoms with Gasteiger partial charge in [0.15, 0.2) is 0 Å². The molecular formula is C14H28N2O. The fourth-order valence-electron chi connectivity index (χ4n) is 2.45. The Bertz CT molecular complexity index is 218. The van der Waals surface area contributed by atoms with Crippen LogP contribution >= 0.6 is 0 Å². The average molecular weight is 240 g/mol. The highest BCUT2D eigenvalue weighted by Crippen LogP contribution is 2.12.